The molecule has 0 bridgehead atoms. The molecule has 0 saturated heterocycles. The molecule has 0 aromatic heterocycles. The maximum absolute atomic E-state index is 13.6. The summed E-state index contributed by atoms with van der Waals surface area (Å²) in [5, 5.41) is 9.83. The van der Waals surface area contributed by atoms with E-state index in [0.29, 0.717) is 5.56 Å². The van der Waals surface area contributed by atoms with Gasteiger partial charge >= 0.3 is 59.8 Å². The number of alkyl halides is 10. The van der Waals surface area contributed by atoms with Crippen LogP contribution in [0.25, 0.3) is 0 Å². The normalized spacial score (nSPS) is 13.0. The Kier molecular flexibility index (Phi) is 9.70. The maximum atomic E-state index is 13.6. The van der Waals surface area contributed by atoms with E-state index in [2.05, 4.69) is 4.99 Å². The quantitative estimate of drug-likeness (QED) is 0.226. The molecule has 1 N–H and O–H groups in total. The Morgan fingerprint density at radius 1 is 0.818 bits per heavy atom. The first-order chi connectivity index (χ1) is 14.9. The Morgan fingerprint density at radius 2 is 1.24 bits per heavy atom. The molecule has 0 saturated carbocycles. The van der Waals surface area contributed by atoms with Crippen LogP contribution in [0.2, 0.25) is 0 Å². The van der Waals surface area contributed by atoms with Crippen molar-refractivity contribution in [3.05, 3.63) is 58.7 Å². The van der Waals surface area contributed by atoms with Gasteiger partial charge in [-0.3, -0.25) is 4.99 Å². The third-order valence-electron chi connectivity index (χ3n) is 3.98. The van der Waals surface area contributed by atoms with Crippen molar-refractivity contribution in [3.63, 3.8) is 0 Å². The van der Waals surface area contributed by atoms with Gasteiger partial charge in [-0.15, -0.1) is 0 Å². The molecular weight excluding hydrogens is 555 g/mol. The molecular formula is C18H11Cl2F10NOTi. The van der Waals surface area contributed by atoms with Crippen LogP contribution in [0.1, 0.15) is 22.3 Å². The average Bonchev–Trinajstić information content (AvgIpc) is 2.67. The number of nitrogens with zero attached hydrogens (tertiary/aromatic N) is 1. The summed E-state index contributed by atoms with van der Waals surface area (Å²) in [6.07, 6.45) is -11.8. The third-order valence-corrected chi connectivity index (χ3v) is 3.98. The van der Waals surface area contributed by atoms with Gasteiger partial charge in [0.1, 0.15) is 5.75 Å². The first-order valence-electron chi connectivity index (χ1n) is 8.24. The van der Waals surface area contributed by atoms with Crippen LogP contribution in [0, 0.1) is 6.92 Å². The van der Waals surface area contributed by atoms with Gasteiger partial charge in [-0.25, -0.2) is 0 Å². The van der Waals surface area contributed by atoms with E-state index >= 15 is 0 Å². The van der Waals surface area contributed by atoms with Crippen molar-refractivity contribution in [2.24, 2.45) is 4.99 Å². The molecule has 2 aromatic carbocycles. The average molecular weight is 566 g/mol. The van der Waals surface area contributed by atoms with Crippen molar-refractivity contribution in [2.45, 2.75) is 31.1 Å². The van der Waals surface area contributed by atoms with Gasteiger partial charge in [0.25, 0.3) is 0 Å². The standard InChI is InChI=1S/C18H11F10NO.2ClH.Ti/c1-9-3-2-4-10(14(9)30)8-29-13-6-11(15(19,20)17(23,24)25)5-12(7-13)16(21,22)18(26,27)28;;;/h2-8,30H,1H3;2*1H;/q;;;+2/p-2. The van der Waals surface area contributed by atoms with Crippen molar-refractivity contribution in [1.29, 1.82) is 0 Å². The van der Waals surface area contributed by atoms with E-state index in [4.69, 9.17) is 18.6 Å². The predicted molar refractivity (Wildman–Crippen MR) is 98.1 cm³/mol. The second-order valence-electron chi connectivity index (χ2n) is 6.26. The van der Waals surface area contributed by atoms with E-state index in [1.165, 1.54) is 25.1 Å². The molecule has 2 nitrogen and oxygen atoms in total. The summed E-state index contributed by atoms with van der Waals surface area (Å²) in [5.41, 5.74) is -5.07. The molecule has 0 unspecified atom stereocenters. The van der Waals surface area contributed by atoms with Crippen molar-refractivity contribution in [3.8, 4) is 5.75 Å². The Bertz CT molecular complexity index is 949. The summed E-state index contributed by atoms with van der Waals surface area (Å²) in [6, 6.07) is 3.61. The van der Waals surface area contributed by atoms with Crippen LogP contribution >= 0.6 is 18.6 Å². The summed E-state index contributed by atoms with van der Waals surface area (Å²) >= 11 is -0.556. The van der Waals surface area contributed by atoms with Gasteiger partial charge in [0.05, 0.1) is 5.69 Å². The van der Waals surface area contributed by atoms with Gasteiger partial charge in [-0.05, 0) is 36.8 Å². The summed E-state index contributed by atoms with van der Waals surface area (Å²) in [7, 11) is 9.78. The number of rotatable bonds is 4. The minimum absolute atomic E-state index is 0.0345. The molecule has 182 valence electrons. The topological polar surface area (TPSA) is 32.6 Å². The Balaban J connectivity index is 0.00000172. The van der Waals surface area contributed by atoms with Crippen LogP contribution in [0.4, 0.5) is 49.6 Å². The molecule has 0 aliphatic heterocycles. The Hall–Kier alpha value is -1.50. The summed E-state index contributed by atoms with van der Waals surface area (Å²) in [5.74, 6) is -11.8. The van der Waals surface area contributed by atoms with Crippen molar-refractivity contribution < 1.29 is 66.0 Å². The molecule has 2 aromatic rings. The van der Waals surface area contributed by atoms with Gasteiger partial charge in [0, 0.05) is 22.9 Å². The zero-order valence-corrected chi connectivity index (χ0v) is 19.0. The van der Waals surface area contributed by atoms with Crippen LogP contribution in [-0.2, 0) is 28.9 Å². The van der Waals surface area contributed by atoms with Gasteiger partial charge < -0.3 is 5.11 Å². The number of hydrogen-bond donors (Lipinski definition) is 1. The summed E-state index contributed by atoms with van der Waals surface area (Å²) in [4.78, 5) is 3.40. The molecule has 0 aliphatic rings. The molecule has 0 heterocycles. The first-order valence-corrected chi connectivity index (χ1v) is 12.5. The van der Waals surface area contributed by atoms with Gasteiger partial charge in [-0.2, -0.15) is 43.9 Å². The molecule has 0 spiro atoms. The molecule has 0 amide bonds. The van der Waals surface area contributed by atoms with E-state index in [1.807, 2.05) is 0 Å². The molecule has 0 aliphatic carbocycles. The number of phenols is 1. The minimum atomic E-state index is -6.26. The molecule has 0 fully saturated rings. The van der Waals surface area contributed by atoms with Crippen LogP contribution in [0.15, 0.2) is 41.4 Å². The number of aryl methyl sites for hydroxylation is 1. The van der Waals surface area contributed by atoms with E-state index in [1.54, 1.807) is 0 Å². The Morgan fingerprint density at radius 3 is 1.64 bits per heavy atom. The number of aliphatic imine (C=N–C) groups is 1. The number of hydrogen-bond acceptors (Lipinski definition) is 2. The van der Waals surface area contributed by atoms with Crippen LogP contribution in [0.5, 0.6) is 5.75 Å². The molecule has 0 atom stereocenters. The van der Waals surface area contributed by atoms with E-state index in [9.17, 15) is 49.0 Å². The summed E-state index contributed by atoms with van der Waals surface area (Å²) < 4.78 is 130. The number of aromatic hydroxyl groups is 1. The van der Waals surface area contributed by atoms with Gasteiger partial charge in [0.15, 0.2) is 0 Å². The van der Waals surface area contributed by atoms with Crippen molar-refractivity contribution >= 4 is 30.5 Å². The van der Waals surface area contributed by atoms with Crippen LogP contribution in [0.3, 0.4) is 0 Å². The van der Waals surface area contributed by atoms with Crippen LogP contribution < -0.4 is 0 Å². The Labute approximate surface area is 196 Å². The van der Waals surface area contributed by atoms with Crippen molar-refractivity contribution in [2.75, 3.05) is 0 Å². The fourth-order valence-electron chi connectivity index (χ4n) is 2.31. The van der Waals surface area contributed by atoms with E-state index in [-0.39, 0.29) is 23.4 Å². The SMILES string of the molecule is Cc1cccc(C=Nc2cc(C(F)(F)C(F)(F)F)cc(C(F)(F)C(F)(F)F)c2)c1O.[Cl][Ti][Cl]. The zero-order chi connectivity index (χ0) is 25.8. The molecule has 15 heteroatoms. The molecule has 2 rings (SSSR count). The van der Waals surface area contributed by atoms with Gasteiger partial charge in [-0.1, -0.05) is 12.1 Å². The molecule has 33 heavy (non-hydrogen) atoms. The monoisotopic (exact) mass is 565 g/mol. The molecule has 0 radical (unpaired) electrons. The summed E-state index contributed by atoms with van der Waals surface area (Å²) in [6.45, 7) is 1.46. The van der Waals surface area contributed by atoms with Gasteiger partial charge in [0.2, 0.25) is 0 Å². The van der Waals surface area contributed by atoms with E-state index in [0.717, 1.165) is 6.21 Å². The zero-order valence-electron chi connectivity index (χ0n) is 16.0. The number of benzene rings is 2. The number of halogens is 12. The first kappa shape index (κ1) is 29.5. The fraction of sp³-hybridized carbons (Fsp3) is 0.278. The predicted octanol–water partition coefficient (Wildman–Crippen LogP) is 8.14. The second kappa shape index (κ2) is 10.8. The van der Waals surface area contributed by atoms with E-state index < -0.39 is 64.1 Å². The van der Waals surface area contributed by atoms with Crippen molar-refractivity contribution in [1.82, 2.24) is 0 Å². The second-order valence-corrected chi connectivity index (χ2v) is 8.83. The van der Waals surface area contributed by atoms with Crippen LogP contribution in [-0.4, -0.2) is 23.7 Å². The number of para-hydroxylation sites is 1. The third kappa shape index (κ3) is 7.00. The fourth-order valence-corrected chi connectivity index (χ4v) is 2.31. The number of phenolic OH excluding ortho intramolecular Hbond substituents is 1.